The van der Waals surface area contributed by atoms with E-state index in [1.165, 1.54) is 17.3 Å². The number of aromatic amines is 1. The molecule has 0 fully saturated rings. The Kier molecular flexibility index (Phi) is 6.96. The number of hydrogen-bond donors (Lipinski definition) is 2. The molecule has 0 unspecified atom stereocenters. The number of thiophene rings is 1. The summed E-state index contributed by atoms with van der Waals surface area (Å²) in [7, 11) is 0. The Morgan fingerprint density at radius 1 is 1.20 bits per heavy atom. The molecule has 0 radical (unpaired) electrons. The van der Waals surface area contributed by atoms with E-state index in [4.69, 9.17) is 0 Å². The van der Waals surface area contributed by atoms with Gasteiger partial charge < -0.3 is 5.32 Å². The van der Waals surface area contributed by atoms with Crippen molar-refractivity contribution in [3.05, 3.63) is 53.4 Å². The van der Waals surface area contributed by atoms with Gasteiger partial charge in [-0.1, -0.05) is 48.2 Å². The second-order valence-corrected chi connectivity index (χ2v) is 8.12. The highest BCUT2D eigenvalue weighted by Crippen LogP contribution is 2.23. The lowest BCUT2D eigenvalue weighted by molar-refractivity contribution is -0.118. The zero-order valence-electron chi connectivity index (χ0n) is 13.5. The van der Waals surface area contributed by atoms with Crippen molar-refractivity contribution in [2.45, 2.75) is 10.9 Å². The van der Waals surface area contributed by atoms with E-state index in [0.29, 0.717) is 17.5 Å². The molecular weight excluding hydrogens is 372 g/mol. The average molecular weight is 391 g/mol. The lowest BCUT2D eigenvalue weighted by Gasteiger charge is -2.04. The molecule has 0 spiro atoms. The number of rotatable bonds is 9. The SMILES string of the molecule is O=C(CSc1n[nH]c(-c2cccs2)n1)NCCSCc1ccccc1. The number of aromatic nitrogens is 3. The average Bonchev–Trinajstić information content (AvgIpc) is 3.32. The Labute approximate surface area is 159 Å². The Bertz CT molecular complexity index is 774. The molecule has 0 atom stereocenters. The number of carbonyl (C=O) groups is 1. The highest BCUT2D eigenvalue weighted by atomic mass is 32.2. The third kappa shape index (κ3) is 5.91. The van der Waals surface area contributed by atoms with Gasteiger partial charge >= 0.3 is 0 Å². The summed E-state index contributed by atoms with van der Waals surface area (Å²) in [5.74, 6) is 2.94. The topological polar surface area (TPSA) is 70.7 Å². The second kappa shape index (κ2) is 9.65. The fraction of sp³-hybridized carbons (Fsp3) is 0.235. The maximum atomic E-state index is 11.9. The summed E-state index contributed by atoms with van der Waals surface area (Å²) in [5.41, 5.74) is 1.31. The number of nitrogens with zero attached hydrogens (tertiary/aromatic N) is 2. The van der Waals surface area contributed by atoms with Gasteiger partial charge in [-0.05, 0) is 17.0 Å². The van der Waals surface area contributed by atoms with Crippen molar-refractivity contribution in [1.82, 2.24) is 20.5 Å². The van der Waals surface area contributed by atoms with Crippen LogP contribution in [0.3, 0.4) is 0 Å². The lowest BCUT2D eigenvalue weighted by atomic mass is 10.2. The van der Waals surface area contributed by atoms with Crippen molar-refractivity contribution in [2.24, 2.45) is 0 Å². The maximum absolute atomic E-state index is 11.9. The lowest BCUT2D eigenvalue weighted by Crippen LogP contribution is -2.27. The summed E-state index contributed by atoms with van der Waals surface area (Å²) in [4.78, 5) is 17.3. The minimum Gasteiger partial charge on any atom is -0.355 e. The first-order valence-electron chi connectivity index (χ1n) is 7.79. The van der Waals surface area contributed by atoms with Gasteiger partial charge in [-0.15, -0.1) is 16.4 Å². The smallest absolute Gasteiger partial charge is 0.230 e. The van der Waals surface area contributed by atoms with E-state index >= 15 is 0 Å². The van der Waals surface area contributed by atoms with Crippen LogP contribution in [0.1, 0.15) is 5.56 Å². The van der Waals surface area contributed by atoms with E-state index in [2.05, 4.69) is 32.6 Å². The molecule has 2 N–H and O–H groups in total. The van der Waals surface area contributed by atoms with Crippen molar-refractivity contribution in [2.75, 3.05) is 18.1 Å². The summed E-state index contributed by atoms with van der Waals surface area (Å²) in [6.07, 6.45) is 0. The number of hydrogen-bond acceptors (Lipinski definition) is 6. The zero-order chi connectivity index (χ0) is 17.3. The number of benzene rings is 1. The monoisotopic (exact) mass is 390 g/mol. The molecule has 2 aromatic heterocycles. The van der Waals surface area contributed by atoms with Crippen LogP contribution in [0.15, 0.2) is 53.0 Å². The minimum atomic E-state index is 0.00721. The summed E-state index contributed by atoms with van der Waals surface area (Å²) in [5, 5.41) is 12.6. The van der Waals surface area contributed by atoms with Gasteiger partial charge in [-0.2, -0.15) is 11.8 Å². The number of nitrogens with one attached hydrogen (secondary N) is 2. The summed E-state index contributed by atoms with van der Waals surface area (Å²) in [6.45, 7) is 0.672. The van der Waals surface area contributed by atoms with Crippen molar-refractivity contribution in [3.63, 3.8) is 0 Å². The van der Waals surface area contributed by atoms with E-state index < -0.39 is 0 Å². The van der Waals surface area contributed by atoms with Crippen LogP contribution in [-0.4, -0.2) is 39.1 Å². The molecule has 5 nitrogen and oxygen atoms in total. The highest BCUT2D eigenvalue weighted by molar-refractivity contribution is 7.99. The quantitative estimate of drug-likeness (QED) is 0.431. The van der Waals surface area contributed by atoms with E-state index in [1.54, 1.807) is 11.3 Å². The Morgan fingerprint density at radius 2 is 2.08 bits per heavy atom. The molecule has 3 rings (SSSR count). The molecule has 0 saturated carbocycles. The fourth-order valence-corrected chi connectivity index (χ4v) is 4.15. The first kappa shape index (κ1) is 18.0. The molecule has 130 valence electrons. The van der Waals surface area contributed by atoms with Crippen molar-refractivity contribution in [3.8, 4) is 10.7 Å². The molecule has 0 saturated heterocycles. The number of amides is 1. The third-order valence-corrected chi connectivity index (χ3v) is 5.99. The molecule has 2 heterocycles. The Morgan fingerprint density at radius 3 is 2.88 bits per heavy atom. The van der Waals surface area contributed by atoms with Crippen LogP contribution in [0.4, 0.5) is 0 Å². The Balaban J connectivity index is 1.30. The molecule has 0 aliphatic rings. The first-order chi connectivity index (χ1) is 12.3. The van der Waals surface area contributed by atoms with Crippen LogP contribution >= 0.6 is 34.9 Å². The van der Waals surface area contributed by atoms with E-state index in [0.717, 1.165) is 22.2 Å². The van der Waals surface area contributed by atoms with E-state index in [-0.39, 0.29) is 5.91 Å². The van der Waals surface area contributed by atoms with Gasteiger partial charge in [0.1, 0.15) is 0 Å². The molecule has 1 aromatic carbocycles. The van der Waals surface area contributed by atoms with Crippen molar-refractivity contribution < 1.29 is 4.79 Å². The number of H-pyrrole nitrogens is 1. The summed E-state index contributed by atoms with van der Waals surface area (Å²) < 4.78 is 0. The minimum absolute atomic E-state index is 0.00721. The molecule has 0 aliphatic heterocycles. The van der Waals surface area contributed by atoms with Gasteiger partial charge in [0.25, 0.3) is 0 Å². The van der Waals surface area contributed by atoms with Crippen LogP contribution < -0.4 is 5.32 Å². The van der Waals surface area contributed by atoms with Crippen LogP contribution in [0.25, 0.3) is 10.7 Å². The highest BCUT2D eigenvalue weighted by Gasteiger charge is 2.09. The third-order valence-electron chi connectivity index (χ3n) is 3.23. The van der Waals surface area contributed by atoms with E-state index in [1.807, 2.05) is 47.5 Å². The molecular formula is C17H18N4OS3. The largest absolute Gasteiger partial charge is 0.355 e. The standard InChI is InChI=1S/C17H18N4OS3/c22-15(18-8-10-23-11-13-5-2-1-3-6-13)12-25-17-19-16(20-21-17)14-7-4-9-24-14/h1-7,9H,8,10-12H2,(H,18,22)(H,19,20,21). The molecule has 0 bridgehead atoms. The normalized spacial score (nSPS) is 10.7. The summed E-state index contributed by atoms with van der Waals surface area (Å²) >= 11 is 4.76. The van der Waals surface area contributed by atoms with Crippen LogP contribution in [-0.2, 0) is 10.5 Å². The van der Waals surface area contributed by atoms with Gasteiger partial charge in [0.2, 0.25) is 11.1 Å². The predicted molar refractivity (Wildman–Crippen MR) is 106 cm³/mol. The van der Waals surface area contributed by atoms with E-state index in [9.17, 15) is 4.79 Å². The fourth-order valence-electron chi connectivity index (χ4n) is 2.04. The Hall–Kier alpha value is -1.77. The van der Waals surface area contributed by atoms with Gasteiger partial charge in [0, 0.05) is 18.1 Å². The number of thioether (sulfide) groups is 2. The van der Waals surface area contributed by atoms with Crippen LogP contribution in [0.5, 0.6) is 0 Å². The van der Waals surface area contributed by atoms with Crippen LogP contribution in [0, 0.1) is 0 Å². The molecule has 1 amide bonds. The zero-order valence-corrected chi connectivity index (χ0v) is 15.9. The van der Waals surface area contributed by atoms with Gasteiger partial charge in [-0.25, -0.2) is 4.98 Å². The molecule has 8 heteroatoms. The first-order valence-corrected chi connectivity index (χ1v) is 10.8. The second-order valence-electron chi connectivity index (χ2n) is 5.12. The number of carbonyl (C=O) groups excluding carboxylic acids is 1. The van der Waals surface area contributed by atoms with Crippen LogP contribution in [0.2, 0.25) is 0 Å². The molecule has 25 heavy (non-hydrogen) atoms. The van der Waals surface area contributed by atoms with Gasteiger partial charge in [-0.3, -0.25) is 9.89 Å². The van der Waals surface area contributed by atoms with Crippen molar-refractivity contribution in [1.29, 1.82) is 0 Å². The summed E-state index contributed by atoms with van der Waals surface area (Å²) in [6, 6.07) is 14.3. The predicted octanol–water partition coefficient (Wildman–Crippen LogP) is 3.67. The van der Waals surface area contributed by atoms with Gasteiger partial charge in [0.05, 0.1) is 10.6 Å². The maximum Gasteiger partial charge on any atom is 0.230 e. The molecule has 3 aromatic rings. The molecule has 0 aliphatic carbocycles. The van der Waals surface area contributed by atoms with Crippen molar-refractivity contribution >= 4 is 40.8 Å². The van der Waals surface area contributed by atoms with Gasteiger partial charge in [0.15, 0.2) is 5.82 Å².